The van der Waals surface area contributed by atoms with Crippen LogP contribution < -0.4 is 10.1 Å². The van der Waals surface area contributed by atoms with Gasteiger partial charge in [0.25, 0.3) is 0 Å². The molecule has 0 radical (unpaired) electrons. The summed E-state index contributed by atoms with van der Waals surface area (Å²) in [6.07, 6.45) is 3.94. The van der Waals surface area contributed by atoms with Gasteiger partial charge in [-0.15, -0.1) is 0 Å². The molecule has 2 atom stereocenters. The summed E-state index contributed by atoms with van der Waals surface area (Å²) in [6, 6.07) is 6.26. The molecule has 2 unspecified atom stereocenters. The number of benzene rings is 1. The normalized spacial score (nSPS) is 29.6. The second-order valence-corrected chi connectivity index (χ2v) is 6.25. The number of rotatable bonds is 0. The van der Waals surface area contributed by atoms with E-state index in [2.05, 4.69) is 19.2 Å². The van der Waals surface area contributed by atoms with Crippen LogP contribution >= 0.6 is 11.6 Å². The van der Waals surface area contributed by atoms with Crippen molar-refractivity contribution in [2.75, 3.05) is 5.32 Å². The van der Waals surface area contributed by atoms with Gasteiger partial charge in [0.1, 0.15) is 11.9 Å². The Morgan fingerprint density at radius 3 is 3.06 bits per heavy atom. The quantitative estimate of drug-likeness (QED) is 0.750. The second kappa shape index (κ2) is 3.81. The van der Waals surface area contributed by atoms with Crippen LogP contribution in [0.5, 0.6) is 5.75 Å². The summed E-state index contributed by atoms with van der Waals surface area (Å²) in [7, 11) is 0. The third-order valence-electron chi connectivity index (χ3n) is 4.01. The predicted octanol–water partition coefficient (Wildman–Crippen LogP) is 4.09. The van der Waals surface area contributed by atoms with E-state index >= 15 is 0 Å². The van der Waals surface area contributed by atoms with Crippen molar-refractivity contribution < 1.29 is 4.74 Å². The van der Waals surface area contributed by atoms with Crippen molar-refractivity contribution in [2.24, 2.45) is 5.41 Å². The van der Waals surface area contributed by atoms with Gasteiger partial charge in [0, 0.05) is 16.5 Å². The van der Waals surface area contributed by atoms with E-state index in [1.807, 2.05) is 18.2 Å². The lowest BCUT2D eigenvalue weighted by Gasteiger charge is -2.47. The maximum Gasteiger partial charge on any atom is 0.144 e. The predicted molar refractivity (Wildman–Crippen MR) is 70.9 cm³/mol. The van der Waals surface area contributed by atoms with E-state index in [1.54, 1.807) is 0 Å². The average Bonchev–Trinajstić information content (AvgIpc) is 2.27. The Balaban J connectivity index is 1.96. The highest BCUT2D eigenvalue weighted by Crippen LogP contribution is 2.44. The molecule has 1 N–H and O–H groups in total. The Morgan fingerprint density at radius 2 is 2.24 bits per heavy atom. The second-order valence-electron chi connectivity index (χ2n) is 5.81. The van der Waals surface area contributed by atoms with Crippen molar-refractivity contribution in [3.63, 3.8) is 0 Å². The van der Waals surface area contributed by atoms with Crippen LogP contribution in [0, 0.1) is 5.41 Å². The van der Waals surface area contributed by atoms with Crippen LogP contribution in [-0.4, -0.2) is 12.1 Å². The zero-order valence-electron chi connectivity index (χ0n) is 10.3. The van der Waals surface area contributed by atoms with Gasteiger partial charge in [0.05, 0.1) is 11.7 Å². The van der Waals surface area contributed by atoms with E-state index < -0.39 is 0 Å². The fourth-order valence-corrected chi connectivity index (χ4v) is 3.22. The first-order valence-electron chi connectivity index (χ1n) is 6.29. The first-order valence-corrected chi connectivity index (χ1v) is 6.67. The Kier molecular flexibility index (Phi) is 2.51. The van der Waals surface area contributed by atoms with Crippen LogP contribution in [0.2, 0.25) is 5.02 Å². The number of anilines is 1. The van der Waals surface area contributed by atoms with Crippen LogP contribution in [0.4, 0.5) is 5.69 Å². The minimum atomic E-state index is 0.232. The van der Waals surface area contributed by atoms with E-state index in [9.17, 15) is 0 Å². The lowest BCUT2D eigenvalue weighted by Crippen LogP contribution is -2.52. The molecule has 2 aliphatic rings. The molecule has 17 heavy (non-hydrogen) atoms. The molecule has 1 aromatic carbocycles. The van der Waals surface area contributed by atoms with Gasteiger partial charge in [-0.1, -0.05) is 31.9 Å². The van der Waals surface area contributed by atoms with Crippen LogP contribution in [0.15, 0.2) is 18.2 Å². The van der Waals surface area contributed by atoms with Gasteiger partial charge in [0.15, 0.2) is 0 Å². The highest BCUT2D eigenvalue weighted by molar-refractivity contribution is 6.30. The summed E-state index contributed by atoms with van der Waals surface area (Å²) in [5, 5.41) is 4.33. The maximum atomic E-state index is 6.18. The zero-order valence-corrected chi connectivity index (χ0v) is 11.1. The van der Waals surface area contributed by atoms with Crippen molar-refractivity contribution >= 4 is 17.3 Å². The number of hydrogen-bond acceptors (Lipinski definition) is 2. The molecule has 3 heteroatoms. The lowest BCUT2D eigenvalue weighted by molar-refractivity contribution is 0.0176. The van der Waals surface area contributed by atoms with Gasteiger partial charge in [-0.2, -0.15) is 0 Å². The molecular formula is C14H18ClNO. The topological polar surface area (TPSA) is 21.3 Å². The van der Waals surface area contributed by atoms with E-state index in [0.717, 1.165) is 16.5 Å². The molecule has 1 aliphatic carbocycles. The van der Waals surface area contributed by atoms with Gasteiger partial charge in [-0.05, 0) is 25.0 Å². The van der Waals surface area contributed by atoms with Crippen LogP contribution in [0.25, 0.3) is 0 Å². The summed E-state index contributed by atoms with van der Waals surface area (Å²) in [5.74, 6) is 0.897. The molecule has 1 heterocycles. The Morgan fingerprint density at radius 1 is 1.41 bits per heavy atom. The SMILES string of the molecule is CC1(C)CCCC2Nc3ccc(Cl)cc3OC21. The van der Waals surface area contributed by atoms with E-state index in [0.29, 0.717) is 6.04 Å². The van der Waals surface area contributed by atoms with E-state index in [4.69, 9.17) is 16.3 Å². The summed E-state index contributed by atoms with van der Waals surface area (Å²) < 4.78 is 6.18. The highest BCUT2D eigenvalue weighted by atomic mass is 35.5. The minimum absolute atomic E-state index is 0.232. The van der Waals surface area contributed by atoms with Gasteiger partial charge >= 0.3 is 0 Å². The number of ether oxygens (including phenoxy) is 1. The first kappa shape index (κ1) is 11.2. The van der Waals surface area contributed by atoms with Crippen molar-refractivity contribution in [3.05, 3.63) is 23.2 Å². The summed E-state index contributed by atoms with van der Waals surface area (Å²) in [4.78, 5) is 0. The number of hydrogen-bond donors (Lipinski definition) is 1. The average molecular weight is 252 g/mol. The van der Waals surface area contributed by atoms with Crippen LogP contribution in [-0.2, 0) is 0 Å². The molecule has 2 nitrogen and oxygen atoms in total. The van der Waals surface area contributed by atoms with Crippen LogP contribution in [0.3, 0.4) is 0 Å². The highest BCUT2D eigenvalue weighted by Gasteiger charge is 2.43. The Labute approximate surface area is 107 Å². The zero-order chi connectivity index (χ0) is 12.0. The monoisotopic (exact) mass is 251 g/mol. The van der Waals surface area contributed by atoms with E-state index in [1.165, 1.54) is 19.3 Å². The summed E-state index contributed by atoms with van der Waals surface area (Å²) in [5.41, 5.74) is 1.31. The molecular weight excluding hydrogens is 234 g/mol. The molecule has 1 aromatic rings. The summed E-state index contributed by atoms with van der Waals surface area (Å²) >= 11 is 6.02. The van der Waals surface area contributed by atoms with E-state index in [-0.39, 0.29) is 11.5 Å². The molecule has 1 aliphatic heterocycles. The van der Waals surface area contributed by atoms with Crippen molar-refractivity contribution in [1.82, 2.24) is 0 Å². The number of fused-ring (bicyclic) bond motifs is 2. The van der Waals surface area contributed by atoms with Crippen molar-refractivity contribution in [1.29, 1.82) is 0 Å². The lowest BCUT2D eigenvalue weighted by atomic mass is 9.72. The fourth-order valence-electron chi connectivity index (χ4n) is 3.05. The molecule has 0 spiro atoms. The summed E-state index contributed by atoms with van der Waals surface area (Å²) in [6.45, 7) is 4.59. The minimum Gasteiger partial charge on any atom is -0.486 e. The fraction of sp³-hybridized carbons (Fsp3) is 0.571. The largest absolute Gasteiger partial charge is 0.486 e. The number of halogens is 1. The molecule has 0 bridgehead atoms. The van der Waals surface area contributed by atoms with Gasteiger partial charge in [-0.3, -0.25) is 0 Å². The molecule has 3 rings (SSSR count). The Bertz CT molecular complexity index is 444. The maximum absolute atomic E-state index is 6.18. The van der Waals surface area contributed by atoms with Gasteiger partial charge in [0.2, 0.25) is 0 Å². The Hall–Kier alpha value is -0.890. The molecule has 92 valence electrons. The first-order chi connectivity index (χ1) is 8.06. The van der Waals surface area contributed by atoms with Gasteiger partial charge in [-0.25, -0.2) is 0 Å². The third-order valence-corrected chi connectivity index (χ3v) is 4.25. The molecule has 0 saturated heterocycles. The smallest absolute Gasteiger partial charge is 0.144 e. The number of nitrogens with one attached hydrogen (secondary N) is 1. The van der Waals surface area contributed by atoms with Gasteiger partial charge < -0.3 is 10.1 Å². The molecule has 0 aromatic heterocycles. The van der Waals surface area contributed by atoms with Crippen LogP contribution in [0.1, 0.15) is 33.1 Å². The third kappa shape index (κ3) is 1.89. The standard InChI is InChI=1S/C14H18ClNO/c1-14(2)7-3-4-11-13(14)17-12-8-9(15)5-6-10(12)16-11/h5-6,8,11,13,16H,3-4,7H2,1-2H3. The molecule has 1 saturated carbocycles. The van der Waals surface area contributed by atoms with Crippen molar-refractivity contribution in [3.8, 4) is 5.75 Å². The van der Waals surface area contributed by atoms with Crippen molar-refractivity contribution in [2.45, 2.75) is 45.3 Å². The molecule has 1 fully saturated rings. The molecule has 0 amide bonds.